The van der Waals surface area contributed by atoms with E-state index in [4.69, 9.17) is 27.9 Å². The van der Waals surface area contributed by atoms with Gasteiger partial charge in [0.1, 0.15) is 12.4 Å². The van der Waals surface area contributed by atoms with E-state index in [-0.39, 0.29) is 24.8 Å². The Kier molecular flexibility index (Phi) is 9.20. The third-order valence-corrected chi connectivity index (χ3v) is 6.17. The minimum Gasteiger partial charge on any atom is -0.489 e. The van der Waals surface area contributed by atoms with Gasteiger partial charge in [0.25, 0.3) is 0 Å². The van der Waals surface area contributed by atoms with Crippen LogP contribution in [0.1, 0.15) is 24.0 Å². The minimum absolute atomic E-state index is 0. The van der Waals surface area contributed by atoms with Crippen molar-refractivity contribution < 1.29 is 4.74 Å². The number of para-hydroxylation sites is 1. The first-order valence-corrected chi connectivity index (χ1v) is 10.0. The maximum Gasteiger partial charge on any atom is 0.124 e. The van der Waals surface area contributed by atoms with Crippen LogP contribution in [0.15, 0.2) is 42.5 Å². The number of nitrogens with zero attached hydrogens (tertiary/aromatic N) is 1. The van der Waals surface area contributed by atoms with Gasteiger partial charge < -0.3 is 15.0 Å². The quantitative estimate of drug-likeness (QED) is 0.603. The van der Waals surface area contributed by atoms with Crippen LogP contribution in [-0.2, 0) is 13.2 Å². The lowest BCUT2D eigenvalue weighted by Gasteiger charge is -2.45. The van der Waals surface area contributed by atoms with E-state index in [1.54, 1.807) is 6.07 Å². The zero-order chi connectivity index (χ0) is 17.9. The third kappa shape index (κ3) is 5.69. The van der Waals surface area contributed by atoms with Crippen molar-refractivity contribution in [3.8, 4) is 5.75 Å². The van der Waals surface area contributed by atoms with Gasteiger partial charge in [-0.1, -0.05) is 47.5 Å². The summed E-state index contributed by atoms with van der Waals surface area (Å²) >= 11 is 12.2. The smallest absolute Gasteiger partial charge is 0.124 e. The predicted molar refractivity (Wildman–Crippen MR) is 122 cm³/mol. The standard InChI is InChI=1S/C21H24Cl2N2O.2ClH/c22-18-6-5-17(19(23)11-18)14-26-21-4-2-1-3-16(21)12-24-20-13-25-9-7-15(20)8-10-25;;/h1-6,11,15,20,24H,7-10,12-14H2;2*1H. The van der Waals surface area contributed by atoms with Crippen molar-refractivity contribution in [1.29, 1.82) is 0 Å². The Morgan fingerprint density at radius 2 is 1.75 bits per heavy atom. The Labute approximate surface area is 189 Å². The van der Waals surface area contributed by atoms with Gasteiger partial charge in [0.05, 0.1) is 0 Å². The number of benzene rings is 2. The van der Waals surface area contributed by atoms with Crippen LogP contribution in [0.5, 0.6) is 5.75 Å². The first-order valence-electron chi connectivity index (χ1n) is 9.29. The molecule has 7 heteroatoms. The van der Waals surface area contributed by atoms with Crippen LogP contribution < -0.4 is 10.1 Å². The average molecular weight is 464 g/mol. The molecule has 2 aromatic rings. The third-order valence-electron chi connectivity index (χ3n) is 5.58. The summed E-state index contributed by atoms with van der Waals surface area (Å²) in [6, 6.07) is 14.3. The van der Waals surface area contributed by atoms with Gasteiger partial charge in [-0.2, -0.15) is 0 Å². The summed E-state index contributed by atoms with van der Waals surface area (Å²) in [6.45, 7) is 4.98. The van der Waals surface area contributed by atoms with Gasteiger partial charge in [0.15, 0.2) is 0 Å². The molecular formula is C21H26Cl4N2O. The number of hydrogen-bond acceptors (Lipinski definition) is 3. The topological polar surface area (TPSA) is 24.5 Å². The molecule has 0 saturated carbocycles. The Bertz CT molecular complexity index is 766. The molecule has 3 saturated heterocycles. The zero-order valence-corrected chi connectivity index (χ0v) is 18.7. The van der Waals surface area contributed by atoms with E-state index in [0.717, 1.165) is 23.8 Å². The molecule has 0 amide bonds. The van der Waals surface area contributed by atoms with E-state index in [1.165, 1.54) is 38.0 Å². The molecule has 3 heterocycles. The van der Waals surface area contributed by atoms with Crippen LogP contribution in [-0.4, -0.2) is 30.6 Å². The van der Waals surface area contributed by atoms with Gasteiger partial charge >= 0.3 is 0 Å². The number of hydrogen-bond donors (Lipinski definition) is 1. The fraction of sp³-hybridized carbons (Fsp3) is 0.429. The maximum absolute atomic E-state index is 6.25. The van der Waals surface area contributed by atoms with Crippen molar-refractivity contribution in [2.75, 3.05) is 19.6 Å². The summed E-state index contributed by atoms with van der Waals surface area (Å²) < 4.78 is 6.07. The molecule has 154 valence electrons. The summed E-state index contributed by atoms with van der Waals surface area (Å²) in [5, 5.41) is 5.04. The fourth-order valence-electron chi connectivity index (χ4n) is 4.02. The van der Waals surface area contributed by atoms with Gasteiger partial charge in [0, 0.05) is 40.3 Å². The summed E-state index contributed by atoms with van der Waals surface area (Å²) in [7, 11) is 0. The Morgan fingerprint density at radius 3 is 2.43 bits per heavy atom. The summed E-state index contributed by atoms with van der Waals surface area (Å²) in [5.41, 5.74) is 2.13. The molecule has 3 nitrogen and oxygen atoms in total. The second kappa shape index (κ2) is 10.9. The molecule has 28 heavy (non-hydrogen) atoms. The number of nitrogens with one attached hydrogen (secondary N) is 1. The Balaban J connectivity index is 0.00000140. The van der Waals surface area contributed by atoms with Crippen LogP contribution >= 0.6 is 48.0 Å². The first kappa shape index (κ1) is 23.6. The fourth-order valence-corrected chi connectivity index (χ4v) is 4.49. The molecular weight excluding hydrogens is 438 g/mol. The lowest BCUT2D eigenvalue weighted by Crippen LogP contribution is -2.55. The van der Waals surface area contributed by atoms with E-state index in [0.29, 0.717) is 22.7 Å². The molecule has 5 rings (SSSR count). The molecule has 1 unspecified atom stereocenters. The molecule has 3 aliphatic rings. The first-order chi connectivity index (χ1) is 12.7. The lowest BCUT2D eigenvalue weighted by molar-refractivity contribution is 0.0718. The van der Waals surface area contributed by atoms with Gasteiger partial charge in [-0.15, -0.1) is 24.8 Å². The van der Waals surface area contributed by atoms with Crippen LogP contribution in [0.25, 0.3) is 0 Å². The SMILES string of the molecule is Cl.Cl.Clc1ccc(COc2ccccc2CNC2CN3CCC2CC3)c(Cl)c1. The maximum atomic E-state index is 6.25. The minimum atomic E-state index is 0. The lowest BCUT2D eigenvalue weighted by atomic mass is 9.84. The largest absolute Gasteiger partial charge is 0.489 e. The van der Waals surface area contributed by atoms with E-state index in [2.05, 4.69) is 22.3 Å². The summed E-state index contributed by atoms with van der Waals surface area (Å²) in [5.74, 6) is 1.73. The number of rotatable bonds is 6. The molecule has 0 aliphatic carbocycles. The number of halogens is 4. The predicted octanol–water partition coefficient (Wildman–Crippen LogP) is 5.60. The molecule has 2 aromatic carbocycles. The van der Waals surface area contributed by atoms with Crippen LogP contribution in [0.4, 0.5) is 0 Å². The molecule has 1 atom stereocenters. The van der Waals surface area contributed by atoms with Crippen molar-refractivity contribution in [1.82, 2.24) is 10.2 Å². The van der Waals surface area contributed by atoms with Gasteiger partial charge in [0.2, 0.25) is 0 Å². The van der Waals surface area contributed by atoms with Crippen molar-refractivity contribution in [2.45, 2.75) is 32.0 Å². The number of ether oxygens (including phenoxy) is 1. The highest BCUT2D eigenvalue weighted by Gasteiger charge is 2.33. The molecule has 3 aliphatic heterocycles. The van der Waals surface area contributed by atoms with Crippen molar-refractivity contribution in [2.24, 2.45) is 5.92 Å². The van der Waals surface area contributed by atoms with Crippen LogP contribution in [0.2, 0.25) is 10.0 Å². The Morgan fingerprint density at radius 1 is 1.00 bits per heavy atom. The molecule has 1 N–H and O–H groups in total. The van der Waals surface area contributed by atoms with Crippen molar-refractivity contribution in [3.05, 3.63) is 63.6 Å². The van der Waals surface area contributed by atoms with Crippen LogP contribution in [0, 0.1) is 5.92 Å². The van der Waals surface area contributed by atoms with Crippen molar-refractivity contribution in [3.63, 3.8) is 0 Å². The highest BCUT2D eigenvalue weighted by molar-refractivity contribution is 6.35. The van der Waals surface area contributed by atoms with Crippen LogP contribution in [0.3, 0.4) is 0 Å². The second-order valence-corrected chi connectivity index (χ2v) is 8.10. The van der Waals surface area contributed by atoms with Gasteiger partial charge in [-0.3, -0.25) is 0 Å². The summed E-state index contributed by atoms with van der Waals surface area (Å²) in [6.07, 6.45) is 2.65. The van der Waals surface area contributed by atoms with Gasteiger partial charge in [-0.05, 0) is 50.0 Å². The van der Waals surface area contributed by atoms with Gasteiger partial charge in [-0.25, -0.2) is 0 Å². The average Bonchev–Trinajstić information content (AvgIpc) is 2.67. The van der Waals surface area contributed by atoms with E-state index in [1.807, 2.05) is 24.3 Å². The zero-order valence-electron chi connectivity index (χ0n) is 15.6. The monoisotopic (exact) mass is 462 g/mol. The number of fused-ring (bicyclic) bond motifs is 3. The molecule has 0 radical (unpaired) electrons. The van der Waals surface area contributed by atoms with E-state index < -0.39 is 0 Å². The highest BCUT2D eigenvalue weighted by atomic mass is 35.5. The Hall–Kier alpha value is -0.680. The summed E-state index contributed by atoms with van der Waals surface area (Å²) in [4.78, 5) is 2.57. The van der Waals surface area contributed by atoms with E-state index in [9.17, 15) is 0 Å². The molecule has 0 aromatic heterocycles. The highest BCUT2D eigenvalue weighted by Crippen LogP contribution is 2.29. The molecule has 0 spiro atoms. The van der Waals surface area contributed by atoms with Crippen molar-refractivity contribution >= 4 is 48.0 Å². The number of piperidine rings is 3. The molecule has 2 bridgehead atoms. The second-order valence-electron chi connectivity index (χ2n) is 7.26. The molecule has 3 fully saturated rings. The van der Waals surface area contributed by atoms with E-state index >= 15 is 0 Å². The normalized spacial score (nSPS) is 22.9.